The summed E-state index contributed by atoms with van der Waals surface area (Å²) >= 11 is 0. The third-order valence-corrected chi connectivity index (χ3v) is 12.0. The number of nitrogens with zero attached hydrogens (tertiary/aromatic N) is 2. The van der Waals surface area contributed by atoms with Gasteiger partial charge in [0.1, 0.15) is 5.75 Å². The van der Waals surface area contributed by atoms with Gasteiger partial charge in [-0.25, -0.2) is 8.42 Å². The number of carbonyl (C=O) groups is 1. The molecular formula is C34H40N2O4S. The van der Waals surface area contributed by atoms with Gasteiger partial charge in [0.2, 0.25) is 0 Å². The van der Waals surface area contributed by atoms with Crippen molar-refractivity contribution < 1.29 is 17.9 Å². The first-order valence-corrected chi connectivity index (χ1v) is 16.3. The van der Waals surface area contributed by atoms with Crippen LogP contribution in [-0.4, -0.2) is 62.7 Å². The van der Waals surface area contributed by atoms with Crippen LogP contribution in [0.1, 0.15) is 57.4 Å². The van der Waals surface area contributed by atoms with Crippen LogP contribution in [-0.2, 0) is 29.2 Å². The molecule has 216 valence electrons. The molecule has 2 heterocycles. The average molecular weight is 573 g/mol. The largest absolute Gasteiger partial charge is 0.497 e. The normalized spacial score (nSPS) is 22.7. The van der Waals surface area contributed by atoms with Gasteiger partial charge in [-0.15, -0.1) is 0 Å². The fraction of sp³-hybridized carbons (Fsp3) is 0.441. The molecule has 6 nitrogen and oxygen atoms in total. The van der Waals surface area contributed by atoms with Gasteiger partial charge >= 0.3 is 0 Å². The highest BCUT2D eigenvalue weighted by atomic mass is 32.2. The van der Waals surface area contributed by atoms with Crippen molar-refractivity contribution >= 4 is 15.7 Å². The minimum Gasteiger partial charge on any atom is -0.497 e. The Kier molecular flexibility index (Phi) is 7.45. The summed E-state index contributed by atoms with van der Waals surface area (Å²) in [5.41, 5.74) is 5.76. The minimum absolute atomic E-state index is 0.0676. The zero-order chi connectivity index (χ0) is 28.8. The summed E-state index contributed by atoms with van der Waals surface area (Å²) in [5.74, 6) is 0.735. The van der Waals surface area contributed by atoms with Gasteiger partial charge in [-0.05, 0) is 105 Å². The van der Waals surface area contributed by atoms with E-state index < -0.39 is 15.1 Å². The van der Waals surface area contributed by atoms with E-state index in [-0.39, 0.29) is 11.3 Å². The number of hydrogen-bond donors (Lipinski definition) is 0. The number of rotatable bonds is 6. The van der Waals surface area contributed by atoms with Crippen molar-refractivity contribution in [2.75, 3.05) is 33.3 Å². The third kappa shape index (κ3) is 5.42. The van der Waals surface area contributed by atoms with E-state index >= 15 is 0 Å². The maximum atomic E-state index is 13.8. The average Bonchev–Trinajstić information content (AvgIpc) is 3.57. The lowest BCUT2D eigenvalue weighted by Crippen LogP contribution is -2.34. The van der Waals surface area contributed by atoms with Gasteiger partial charge in [0.05, 0.1) is 17.3 Å². The zero-order valence-electron chi connectivity index (χ0n) is 24.4. The van der Waals surface area contributed by atoms with Crippen LogP contribution in [0.4, 0.5) is 0 Å². The van der Waals surface area contributed by atoms with Gasteiger partial charge in [0.25, 0.3) is 5.91 Å². The lowest BCUT2D eigenvalue weighted by molar-refractivity contribution is 0.0773. The molecule has 2 fully saturated rings. The van der Waals surface area contributed by atoms with E-state index in [4.69, 9.17) is 4.74 Å². The molecular weight excluding hydrogens is 532 g/mol. The van der Waals surface area contributed by atoms with Gasteiger partial charge in [-0.1, -0.05) is 36.4 Å². The topological polar surface area (TPSA) is 66.9 Å². The number of aryl methyl sites for hydroxylation is 3. The number of carbonyl (C=O) groups excluding carboxylic acids is 1. The molecule has 7 heteroatoms. The summed E-state index contributed by atoms with van der Waals surface area (Å²) in [7, 11) is -1.95. The molecule has 0 saturated carbocycles. The summed E-state index contributed by atoms with van der Waals surface area (Å²) in [6.07, 6.45) is 3.88. The lowest BCUT2D eigenvalue weighted by Gasteiger charge is -2.27. The van der Waals surface area contributed by atoms with E-state index in [0.717, 1.165) is 56.7 Å². The number of likely N-dealkylation sites (tertiary alicyclic amines) is 2. The molecule has 3 aromatic carbocycles. The van der Waals surface area contributed by atoms with Crippen LogP contribution >= 0.6 is 0 Å². The van der Waals surface area contributed by atoms with Gasteiger partial charge in [-0.2, -0.15) is 0 Å². The molecule has 2 atom stereocenters. The van der Waals surface area contributed by atoms with Crippen LogP contribution in [0, 0.1) is 19.3 Å². The number of sulfone groups is 1. The van der Waals surface area contributed by atoms with Crippen molar-refractivity contribution in [3.05, 3.63) is 94.0 Å². The summed E-state index contributed by atoms with van der Waals surface area (Å²) in [6, 6.07) is 20.1. The van der Waals surface area contributed by atoms with E-state index in [1.807, 2.05) is 36.9 Å². The summed E-state index contributed by atoms with van der Waals surface area (Å²) < 4.78 is 33.0. The third-order valence-electron chi connectivity index (χ3n) is 9.52. The van der Waals surface area contributed by atoms with Crippen molar-refractivity contribution in [2.45, 2.75) is 62.6 Å². The molecule has 2 saturated heterocycles. The summed E-state index contributed by atoms with van der Waals surface area (Å²) in [5, 5.41) is -0.504. The number of fused-ring (bicyclic) bond motifs is 1. The van der Waals surface area contributed by atoms with Crippen LogP contribution in [0.25, 0.3) is 0 Å². The Bertz CT molecular complexity index is 1550. The molecule has 0 bridgehead atoms. The Balaban J connectivity index is 1.15. The first-order valence-electron chi connectivity index (χ1n) is 14.7. The highest BCUT2D eigenvalue weighted by Crippen LogP contribution is 2.41. The van der Waals surface area contributed by atoms with Gasteiger partial charge in [-0.3, -0.25) is 9.69 Å². The molecule has 1 amide bonds. The van der Waals surface area contributed by atoms with Crippen molar-refractivity contribution in [2.24, 2.45) is 5.41 Å². The molecule has 1 spiro atoms. The number of amides is 1. The van der Waals surface area contributed by atoms with E-state index in [1.165, 1.54) is 5.56 Å². The molecule has 3 aromatic rings. The van der Waals surface area contributed by atoms with Gasteiger partial charge < -0.3 is 9.64 Å². The molecule has 1 aliphatic carbocycles. The van der Waals surface area contributed by atoms with E-state index in [9.17, 15) is 13.2 Å². The first-order chi connectivity index (χ1) is 19.7. The van der Waals surface area contributed by atoms with Crippen LogP contribution in [0.3, 0.4) is 0 Å². The van der Waals surface area contributed by atoms with Crippen molar-refractivity contribution in [1.29, 1.82) is 0 Å². The first kappa shape index (κ1) is 28.0. The van der Waals surface area contributed by atoms with Gasteiger partial charge in [0.15, 0.2) is 9.84 Å². The Morgan fingerprint density at radius 1 is 0.951 bits per heavy atom. The van der Waals surface area contributed by atoms with Crippen LogP contribution < -0.4 is 4.74 Å². The Hall–Kier alpha value is -3.16. The fourth-order valence-corrected chi connectivity index (χ4v) is 9.57. The van der Waals surface area contributed by atoms with Crippen molar-refractivity contribution in [1.82, 2.24) is 9.80 Å². The summed E-state index contributed by atoms with van der Waals surface area (Å²) in [6.45, 7) is 8.30. The molecule has 41 heavy (non-hydrogen) atoms. The van der Waals surface area contributed by atoms with Gasteiger partial charge in [0, 0.05) is 37.2 Å². The highest BCUT2D eigenvalue weighted by molar-refractivity contribution is 7.92. The Morgan fingerprint density at radius 2 is 1.68 bits per heavy atom. The molecule has 6 rings (SSSR count). The second kappa shape index (κ2) is 10.9. The quantitative estimate of drug-likeness (QED) is 0.397. The lowest BCUT2D eigenvalue weighted by atomic mass is 9.86. The smallest absolute Gasteiger partial charge is 0.253 e. The van der Waals surface area contributed by atoms with Crippen molar-refractivity contribution in [3.8, 4) is 5.75 Å². The summed E-state index contributed by atoms with van der Waals surface area (Å²) in [4.78, 5) is 18.6. The maximum Gasteiger partial charge on any atom is 0.253 e. The molecule has 0 N–H and O–H groups in total. The predicted molar refractivity (Wildman–Crippen MR) is 161 cm³/mol. The zero-order valence-corrected chi connectivity index (χ0v) is 25.2. The highest BCUT2D eigenvalue weighted by Gasteiger charge is 2.45. The fourth-order valence-electron chi connectivity index (χ4n) is 7.39. The Morgan fingerprint density at radius 3 is 2.41 bits per heavy atom. The SMILES string of the molecule is COc1cc(C)c(S(=O)(=O)C2CCc3ccc(C(=O)N4CCC5(CCN(Cc6ccccc6)C5)C4)cc3C2)c(C)c1. The molecule has 2 unspecified atom stereocenters. The van der Waals surface area contributed by atoms with Crippen molar-refractivity contribution in [3.63, 3.8) is 0 Å². The molecule has 0 aromatic heterocycles. The second-order valence-electron chi connectivity index (χ2n) is 12.4. The Labute approximate surface area is 244 Å². The second-order valence-corrected chi connectivity index (χ2v) is 14.6. The van der Waals surface area contributed by atoms with E-state index in [0.29, 0.717) is 46.6 Å². The standard InChI is InChI=1S/C34H40N2O4S/c1-24-17-30(40-3)18-25(2)32(24)41(38,39)31-12-11-27-9-10-28(19-29(27)20-31)33(37)36-16-14-34(23-36)13-15-35(22-34)21-26-7-5-4-6-8-26/h4-10,17-19,31H,11-16,20-23H2,1-3H3. The molecule has 3 aliphatic rings. The number of benzene rings is 3. The van der Waals surface area contributed by atoms with Crippen LogP contribution in [0.5, 0.6) is 5.75 Å². The van der Waals surface area contributed by atoms with E-state index in [2.05, 4.69) is 35.2 Å². The monoisotopic (exact) mass is 572 g/mol. The number of ether oxygens (including phenoxy) is 1. The molecule has 2 aliphatic heterocycles. The predicted octanol–water partition coefficient (Wildman–Crippen LogP) is 5.38. The van der Waals surface area contributed by atoms with E-state index in [1.54, 1.807) is 19.2 Å². The van der Waals surface area contributed by atoms with Crippen LogP contribution in [0.15, 0.2) is 65.6 Å². The maximum absolute atomic E-state index is 13.8. The number of hydrogen-bond acceptors (Lipinski definition) is 5. The number of methoxy groups -OCH3 is 1. The molecule has 0 radical (unpaired) electrons. The van der Waals surface area contributed by atoms with Crippen LogP contribution in [0.2, 0.25) is 0 Å². The minimum atomic E-state index is -3.54.